The third-order valence-electron chi connectivity index (χ3n) is 2.15. The van der Waals surface area contributed by atoms with E-state index in [2.05, 4.69) is 10.3 Å². The second-order valence-corrected chi connectivity index (χ2v) is 5.12. The number of methoxy groups -OCH3 is 1. The number of thiazole rings is 1. The molecule has 0 bridgehead atoms. The van der Waals surface area contributed by atoms with Crippen molar-refractivity contribution in [2.24, 2.45) is 5.92 Å². The number of amides is 1. The van der Waals surface area contributed by atoms with Gasteiger partial charge in [0.05, 0.1) is 24.6 Å². The molecule has 17 heavy (non-hydrogen) atoms. The second kappa shape index (κ2) is 7.63. The molecule has 1 aromatic rings. The minimum atomic E-state index is -0.0107. The van der Waals surface area contributed by atoms with Crippen LogP contribution in [0.4, 0.5) is 0 Å². The smallest absolute Gasteiger partial charge is 0.226 e. The van der Waals surface area contributed by atoms with Gasteiger partial charge in [-0.25, -0.2) is 4.98 Å². The molecule has 0 saturated carbocycles. The Balaban J connectivity index is 2.29. The van der Waals surface area contributed by atoms with E-state index in [1.54, 1.807) is 7.11 Å². The normalized spacial score (nSPS) is 12.4. The van der Waals surface area contributed by atoms with E-state index in [9.17, 15) is 4.79 Å². The molecule has 0 spiro atoms. The number of carbonyl (C=O) groups excluding carboxylic acids is 1. The molecule has 0 aliphatic heterocycles. The summed E-state index contributed by atoms with van der Waals surface area (Å²) in [5, 5.41) is 5.54. The van der Waals surface area contributed by atoms with Gasteiger partial charge in [0, 0.05) is 19.0 Å². The van der Waals surface area contributed by atoms with Crippen LogP contribution in [0.2, 0.25) is 0 Å². The molecule has 0 aliphatic carbocycles. The van der Waals surface area contributed by atoms with Crippen LogP contribution in [0.1, 0.15) is 17.6 Å². The van der Waals surface area contributed by atoms with E-state index in [1.165, 1.54) is 11.3 Å². The van der Waals surface area contributed by atoms with Crippen molar-refractivity contribution in [2.75, 3.05) is 20.3 Å². The lowest BCUT2D eigenvalue weighted by molar-refractivity contribution is -0.120. The van der Waals surface area contributed by atoms with Crippen LogP contribution in [0.5, 0.6) is 0 Å². The topological polar surface area (TPSA) is 51.2 Å². The molecule has 0 aliphatic rings. The Morgan fingerprint density at radius 1 is 1.71 bits per heavy atom. The monoisotopic (exact) mass is 276 g/mol. The molecule has 0 fully saturated rings. The summed E-state index contributed by atoms with van der Waals surface area (Å²) < 4.78 is 5.00. The Bertz CT molecular complexity index is 357. The van der Waals surface area contributed by atoms with Gasteiger partial charge < -0.3 is 10.1 Å². The van der Waals surface area contributed by atoms with Crippen molar-refractivity contribution < 1.29 is 9.53 Å². The molecule has 1 amide bonds. The molecule has 0 aromatic carbocycles. The standard InChI is InChI=1S/C11H17ClN2O2S/c1-8(6-16-2)5-13-10(15)3-11-14-9(4-12)7-17-11/h7-8H,3-6H2,1-2H3,(H,13,15). The first-order valence-electron chi connectivity index (χ1n) is 5.40. The lowest BCUT2D eigenvalue weighted by Crippen LogP contribution is -2.31. The summed E-state index contributed by atoms with van der Waals surface area (Å²) in [4.78, 5) is 15.8. The Kier molecular flexibility index (Phi) is 6.47. The number of carbonyl (C=O) groups is 1. The van der Waals surface area contributed by atoms with E-state index in [-0.39, 0.29) is 5.91 Å². The summed E-state index contributed by atoms with van der Waals surface area (Å²) in [6.45, 7) is 3.30. The van der Waals surface area contributed by atoms with Crippen LogP contribution in [-0.4, -0.2) is 31.2 Å². The molecule has 6 heteroatoms. The molecule has 4 nitrogen and oxygen atoms in total. The van der Waals surface area contributed by atoms with Gasteiger partial charge in [0.1, 0.15) is 5.01 Å². The first-order valence-corrected chi connectivity index (χ1v) is 6.82. The molecule has 0 saturated heterocycles. The Labute approximate surface area is 110 Å². The van der Waals surface area contributed by atoms with Crippen molar-refractivity contribution in [3.63, 3.8) is 0 Å². The van der Waals surface area contributed by atoms with E-state index in [4.69, 9.17) is 16.3 Å². The van der Waals surface area contributed by atoms with E-state index in [1.807, 2.05) is 12.3 Å². The summed E-state index contributed by atoms with van der Waals surface area (Å²) in [7, 11) is 1.65. The summed E-state index contributed by atoms with van der Waals surface area (Å²) in [6, 6.07) is 0. The molecule has 96 valence electrons. The summed E-state index contributed by atoms with van der Waals surface area (Å²) >= 11 is 7.11. The van der Waals surface area contributed by atoms with Crippen molar-refractivity contribution in [2.45, 2.75) is 19.2 Å². The number of ether oxygens (including phenoxy) is 1. The quantitative estimate of drug-likeness (QED) is 0.773. The zero-order valence-electron chi connectivity index (χ0n) is 10.0. The largest absolute Gasteiger partial charge is 0.384 e. The van der Waals surface area contributed by atoms with Gasteiger partial charge >= 0.3 is 0 Å². The van der Waals surface area contributed by atoms with Gasteiger partial charge in [-0.1, -0.05) is 6.92 Å². The maximum atomic E-state index is 11.6. The van der Waals surface area contributed by atoms with Gasteiger partial charge in [-0.05, 0) is 5.92 Å². The van der Waals surface area contributed by atoms with Crippen molar-refractivity contribution in [1.82, 2.24) is 10.3 Å². The van der Waals surface area contributed by atoms with E-state index >= 15 is 0 Å². The lowest BCUT2D eigenvalue weighted by Gasteiger charge is -2.10. The fourth-order valence-electron chi connectivity index (χ4n) is 1.32. The van der Waals surface area contributed by atoms with E-state index in [0.717, 1.165) is 10.7 Å². The first-order chi connectivity index (χ1) is 8.15. The van der Waals surface area contributed by atoms with Crippen LogP contribution in [0.25, 0.3) is 0 Å². The van der Waals surface area contributed by atoms with Gasteiger partial charge in [0.25, 0.3) is 0 Å². The average Bonchev–Trinajstić information content (AvgIpc) is 2.74. The summed E-state index contributed by atoms with van der Waals surface area (Å²) in [5.74, 6) is 0.699. The number of hydrogen-bond donors (Lipinski definition) is 1. The zero-order valence-corrected chi connectivity index (χ0v) is 11.6. The minimum Gasteiger partial charge on any atom is -0.384 e. The maximum absolute atomic E-state index is 11.6. The number of aromatic nitrogens is 1. The third-order valence-corrected chi connectivity index (χ3v) is 3.32. The molecular weight excluding hydrogens is 260 g/mol. The molecular formula is C11H17ClN2O2S. The molecule has 1 N–H and O–H groups in total. The molecule has 1 heterocycles. The summed E-state index contributed by atoms with van der Waals surface area (Å²) in [5.41, 5.74) is 0.826. The van der Waals surface area contributed by atoms with Crippen LogP contribution < -0.4 is 5.32 Å². The predicted molar refractivity (Wildman–Crippen MR) is 69.4 cm³/mol. The predicted octanol–water partition coefficient (Wildman–Crippen LogP) is 1.82. The molecule has 1 rings (SSSR count). The van der Waals surface area contributed by atoms with Crippen molar-refractivity contribution >= 4 is 28.8 Å². The highest BCUT2D eigenvalue weighted by Gasteiger charge is 2.09. The van der Waals surface area contributed by atoms with Crippen molar-refractivity contribution in [1.29, 1.82) is 0 Å². The highest BCUT2D eigenvalue weighted by molar-refractivity contribution is 7.09. The second-order valence-electron chi connectivity index (χ2n) is 3.91. The number of nitrogens with one attached hydrogen (secondary N) is 1. The van der Waals surface area contributed by atoms with E-state index < -0.39 is 0 Å². The lowest BCUT2D eigenvalue weighted by atomic mass is 10.2. The van der Waals surface area contributed by atoms with Crippen LogP contribution in [0.3, 0.4) is 0 Å². The van der Waals surface area contributed by atoms with E-state index in [0.29, 0.717) is 31.4 Å². The molecule has 0 radical (unpaired) electrons. The first kappa shape index (κ1) is 14.4. The van der Waals surface area contributed by atoms with Crippen LogP contribution in [0.15, 0.2) is 5.38 Å². The van der Waals surface area contributed by atoms with Gasteiger partial charge in [0.15, 0.2) is 0 Å². The average molecular weight is 277 g/mol. The number of alkyl halides is 1. The number of rotatable bonds is 7. The van der Waals surface area contributed by atoms with Gasteiger partial charge in [-0.3, -0.25) is 4.79 Å². The van der Waals surface area contributed by atoms with Crippen molar-refractivity contribution in [3.05, 3.63) is 16.1 Å². The maximum Gasteiger partial charge on any atom is 0.226 e. The molecule has 1 aromatic heterocycles. The summed E-state index contributed by atoms with van der Waals surface area (Å²) in [6.07, 6.45) is 0.321. The third kappa shape index (κ3) is 5.48. The highest BCUT2D eigenvalue weighted by atomic mass is 35.5. The Hall–Kier alpha value is -0.650. The van der Waals surface area contributed by atoms with Crippen molar-refractivity contribution in [3.8, 4) is 0 Å². The highest BCUT2D eigenvalue weighted by Crippen LogP contribution is 2.12. The van der Waals surface area contributed by atoms with Crippen LogP contribution in [-0.2, 0) is 21.8 Å². The number of hydrogen-bond acceptors (Lipinski definition) is 4. The Morgan fingerprint density at radius 2 is 2.47 bits per heavy atom. The van der Waals surface area contributed by atoms with Crippen LogP contribution in [0, 0.1) is 5.92 Å². The van der Waals surface area contributed by atoms with Crippen LogP contribution >= 0.6 is 22.9 Å². The van der Waals surface area contributed by atoms with Gasteiger partial charge in [-0.15, -0.1) is 22.9 Å². The zero-order chi connectivity index (χ0) is 12.7. The number of halogens is 1. The Morgan fingerprint density at radius 3 is 3.06 bits per heavy atom. The minimum absolute atomic E-state index is 0.0107. The van der Waals surface area contributed by atoms with Gasteiger partial charge in [-0.2, -0.15) is 0 Å². The SMILES string of the molecule is COCC(C)CNC(=O)Cc1nc(CCl)cs1. The fraction of sp³-hybridized carbons (Fsp3) is 0.636. The fourth-order valence-corrected chi connectivity index (χ4v) is 2.34. The van der Waals surface area contributed by atoms with Gasteiger partial charge in [0.2, 0.25) is 5.91 Å². The number of nitrogens with zero attached hydrogens (tertiary/aromatic N) is 1. The molecule has 1 unspecified atom stereocenters. The molecule has 1 atom stereocenters.